The summed E-state index contributed by atoms with van der Waals surface area (Å²) in [5, 5.41) is 12.8. The molecule has 0 unspecified atom stereocenters. The molecule has 0 spiro atoms. The predicted molar refractivity (Wildman–Crippen MR) is 145 cm³/mol. The standard InChI is InChI=1S/C28H27F4N7O2/c1-17-33-24(16-26(34-17)39-9-11-41-12-10-39)36-25-15-21(37-38-25)7-5-18-6-8-22(29)23(13-18)35-27(40)19-3-2-4-20(14-19)28(30,31)32/h2-4,6,8,13-16H,5,7,9-12H2,1H3,(H,35,40)(H2,33,34,36,37,38). The fourth-order valence-electron chi connectivity index (χ4n) is 4.39. The van der Waals surface area contributed by atoms with Crippen LogP contribution in [0.3, 0.4) is 0 Å². The van der Waals surface area contributed by atoms with Crippen molar-refractivity contribution in [3.63, 3.8) is 0 Å². The van der Waals surface area contributed by atoms with E-state index >= 15 is 0 Å². The summed E-state index contributed by atoms with van der Waals surface area (Å²) in [4.78, 5) is 23.7. The van der Waals surface area contributed by atoms with Crippen molar-refractivity contribution in [3.05, 3.63) is 88.6 Å². The lowest BCUT2D eigenvalue weighted by molar-refractivity contribution is -0.137. The molecule has 1 fully saturated rings. The molecule has 1 aliphatic rings. The van der Waals surface area contributed by atoms with Crippen LogP contribution >= 0.6 is 0 Å². The summed E-state index contributed by atoms with van der Waals surface area (Å²) >= 11 is 0. The number of nitrogens with one attached hydrogen (secondary N) is 3. The molecule has 214 valence electrons. The van der Waals surface area contributed by atoms with Crippen LogP contribution in [0.2, 0.25) is 0 Å². The van der Waals surface area contributed by atoms with Crippen molar-refractivity contribution >= 4 is 29.0 Å². The van der Waals surface area contributed by atoms with E-state index in [-0.39, 0.29) is 11.3 Å². The molecule has 1 aliphatic heterocycles. The number of halogens is 4. The molecule has 0 radical (unpaired) electrons. The average Bonchev–Trinajstić information content (AvgIpc) is 3.40. The average molecular weight is 570 g/mol. The Labute approximate surface area is 233 Å². The minimum absolute atomic E-state index is 0.121. The molecular weight excluding hydrogens is 542 g/mol. The van der Waals surface area contributed by atoms with Gasteiger partial charge >= 0.3 is 6.18 Å². The summed E-state index contributed by atoms with van der Waals surface area (Å²) in [5.41, 5.74) is 0.150. The number of aryl methyl sites for hydroxylation is 3. The number of rotatable bonds is 8. The largest absolute Gasteiger partial charge is 0.416 e. The first kappa shape index (κ1) is 28.0. The molecule has 3 N–H and O–H groups in total. The summed E-state index contributed by atoms with van der Waals surface area (Å²) in [6.45, 7) is 4.63. The van der Waals surface area contributed by atoms with E-state index in [1.807, 2.05) is 19.1 Å². The van der Waals surface area contributed by atoms with E-state index in [4.69, 9.17) is 4.74 Å². The van der Waals surface area contributed by atoms with E-state index in [0.717, 1.165) is 42.8 Å². The second kappa shape index (κ2) is 11.9. The van der Waals surface area contributed by atoms with Crippen molar-refractivity contribution in [1.82, 2.24) is 20.2 Å². The smallest absolute Gasteiger partial charge is 0.378 e. The number of hydrogen-bond donors (Lipinski definition) is 3. The van der Waals surface area contributed by atoms with E-state index in [2.05, 4.69) is 35.7 Å². The van der Waals surface area contributed by atoms with Crippen molar-refractivity contribution in [3.8, 4) is 0 Å². The number of aromatic amines is 1. The van der Waals surface area contributed by atoms with Gasteiger partial charge in [-0.25, -0.2) is 14.4 Å². The van der Waals surface area contributed by atoms with Crippen molar-refractivity contribution in [1.29, 1.82) is 0 Å². The molecule has 2 aromatic carbocycles. The summed E-state index contributed by atoms with van der Waals surface area (Å²) in [6.07, 6.45) is -3.61. The number of ether oxygens (including phenoxy) is 1. The number of hydrogen-bond acceptors (Lipinski definition) is 7. The van der Waals surface area contributed by atoms with Crippen LogP contribution in [0.15, 0.2) is 54.6 Å². The Hall–Kier alpha value is -4.52. The number of H-pyrrole nitrogens is 1. The maximum Gasteiger partial charge on any atom is 0.416 e. The van der Waals surface area contributed by atoms with Crippen LogP contribution in [0.5, 0.6) is 0 Å². The number of alkyl halides is 3. The monoisotopic (exact) mass is 569 g/mol. The quantitative estimate of drug-likeness (QED) is 0.248. The lowest BCUT2D eigenvalue weighted by Crippen LogP contribution is -2.36. The third kappa shape index (κ3) is 7.17. The Morgan fingerprint density at radius 3 is 2.63 bits per heavy atom. The molecule has 41 heavy (non-hydrogen) atoms. The zero-order valence-electron chi connectivity index (χ0n) is 22.1. The Morgan fingerprint density at radius 2 is 1.85 bits per heavy atom. The molecule has 3 heterocycles. The molecule has 0 aliphatic carbocycles. The van der Waals surface area contributed by atoms with Gasteiger partial charge in [-0.05, 0) is 55.7 Å². The molecule has 5 rings (SSSR count). The molecule has 0 atom stereocenters. The highest BCUT2D eigenvalue weighted by molar-refractivity contribution is 6.04. The number of aromatic nitrogens is 4. The summed E-state index contributed by atoms with van der Waals surface area (Å²) in [7, 11) is 0. The third-order valence-corrected chi connectivity index (χ3v) is 6.45. The predicted octanol–water partition coefficient (Wildman–Crippen LogP) is 5.28. The van der Waals surface area contributed by atoms with Gasteiger partial charge in [0.25, 0.3) is 5.91 Å². The van der Waals surface area contributed by atoms with Crippen molar-refractivity contribution in [2.45, 2.75) is 25.9 Å². The second-order valence-electron chi connectivity index (χ2n) is 9.50. The van der Waals surface area contributed by atoms with E-state index in [0.29, 0.717) is 49.1 Å². The number of carbonyl (C=O) groups excluding carboxylic acids is 1. The number of morpholine rings is 1. The number of amides is 1. The van der Waals surface area contributed by atoms with Gasteiger partial charge in [0.05, 0.1) is 30.2 Å². The Balaban J connectivity index is 1.21. The van der Waals surface area contributed by atoms with E-state index in [1.165, 1.54) is 18.2 Å². The van der Waals surface area contributed by atoms with Gasteiger partial charge in [0.1, 0.15) is 29.1 Å². The fraction of sp³-hybridized carbons (Fsp3) is 0.286. The lowest BCUT2D eigenvalue weighted by atomic mass is 10.1. The second-order valence-corrected chi connectivity index (χ2v) is 9.50. The van der Waals surface area contributed by atoms with Crippen LogP contribution < -0.4 is 15.5 Å². The minimum Gasteiger partial charge on any atom is -0.378 e. The third-order valence-electron chi connectivity index (χ3n) is 6.45. The number of nitrogens with zero attached hydrogens (tertiary/aromatic N) is 4. The van der Waals surface area contributed by atoms with Gasteiger partial charge in [0, 0.05) is 30.8 Å². The van der Waals surface area contributed by atoms with Crippen molar-refractivity contribution in [2.75, 3.05) is 41.8 Å². The Morgan fingerprint density at radius 1 is 1.05 bits per heavy atom. The molecule has 9 nitrogen and oxygen atoms in total. The fourth-order valence-corrected chi connectivity index (χ4v) is 4.39. The molecular formula is C28H27F4N7O2. The first-order valence-electron chi connectivity index (χ1n) is 12.9. The molecule has 2 aromatic heterocycles. The zero-order chi connectivity index (χ0) is 29.0. The highest BCUT2D eigenvalue weighted by Gasteiger charge is 2.31. The SMILES string of the molecule is Cc1nc(Nc2cc(CCc3ccc(F)c(NC(=O)c4cccc(C(F)(F)F)c4)c3)n[nH]2)cc(N2CCOCC2)n1. The van der Waals surface area contributed by atoms with Gasteiger partial charge in [-0.3, -0.25) is 9.89 Å². The normalized spacial score (nSPS) is 13.7. The highest BCUT2D eigenvalue weighted by Crippen LogP contribution is 2.30. The van der Waals surface area contributed by atoms with Gasteiger partial charge in [-0.2, -0.15) is 18.3 Å². The van der Waals surface area contributed by atoms with Crippen molar-refractivity contribution < 1.29 is 27.1 Å². The maximum atomic E-state index is 14.4. The molecule has 1 saturated heterocycles. The lowest BCUT2D eigenvalue weighted by Gasteiger charge is -2.28. The van der Waals surface area contributed by atoms with Crippen molar-refractivity contribution in [2.24, 2.45) is 0 Å². The number of benzene rings is 2. The van der Waals surface area contributed by atoms with E-state index in [1.54, 1.807) is 6.07 Å². The summed E-state index contributed by atoms with van der Waals surface area (Å²) in [5.74, 6) is 1.16. The molecule has 13 heteroatoms. The van der Waals surface area contributed by atoms with Crippen LogP contribution in [-0.2, 0) is 23.8 Å². The van der Waals surface area contributed by atoms with Crippen LogP contribution in [0.1, 0.15) is 33.0 Å². The summed E-state index contributed by atoms with van der Waals surface area (Å²) < 4.78 is 58.8. The molecule has 0 bridgehead atoms. The number of carbonyl (C=O) groups is 1. The van der Waals surface area contributed by atoms with Gasteiger partial charge < -0.3 is 20.3 Å². The van der Waals surface area contributed by atoms with Crippen LogP contribution in [0, 0.1) is 12.7 Å². The van der Waals surface area contributed by atoms with Gasteiger partial charge in [0.2, 0.25) is 0 Å². The summed E-state index contributed by atoms with van der Waals surface area (Å²) in [6, 6.07) is 11.9. The first-order chi connectivity index (χ1) is 19.6. The maximum absolute atomic E-state index is 14.4. The molecule has 4 aromatic rings. The van der Waals surface area contributed by atoms with Crippen LogP contribution in [-0.4, -0.2) is 52.4 Å². The van der Waals surface area contributed by atoms with Gasteiger partial charge in [-0.15, -0.1) is 0 Å². The first-order valence-corrected chi connectivity index (χ1v) is 12.9. The van der Waals surface area contributed by atoms with Crippen LogP contribution in [0.25, 0.3) is 0 Å². The van der Waals surface area contributed by atoms with Gasteiger partial charge in [0.15, 0.2) is 0 Å². The molecule has 0 saturated carbocycles. The van der Waals surface area contributed by atoms with Crippen LogP contribution in [0.4, 0.5) is 40.7 Å². The van der Waals surface area contributed by atoms with E-state index in [9.17, 15) is 22.4 Å². The zero-order valence-corrected chi connectivity index (χ0v) is 22.1. The topological polar surface area (TPSA) is 108 Å². The highest BCUT2D eigenvalue weighted by atomic mass is 19.4. The number of anilines is 4. The van der Waals surface area contributed by atoms with E-state index < -0.39 is 23.5 Å². The van der Waals surface area contributed by atoms with Gasteiger partial charge in [-0.1, -0.05) is 12.1 Å². The Kier molecular flexibility index (Phi) is 8.15. The molecule has 1 amide bonds. The Bertz CT molecular complexity index is 1530. The minimum atomic E-state index is -4.59.